The first-order valence-corrected chi connectivity index (χ1v) is 6.45. The Balaban J connectivity index is 2.02. The zero-order valence-corrected chi connectivity index (χ0v) is 11.1. The number of para-hydroxylation sites is 1. The molecule has 3 nitrogen and oxygen atoms in total. The number of rotatable bonds is 2. The second kappa shape index (κ2) is 5.13. The molecule has 0 bridgehead atoms. The SMILES string of the molecule is CC1=C(C(=O)c2cccnc2)Nc2ccccc2C=C1. The van der Waals surface area contributed by atoms with Gasteiger partial charge in [-0.15, -0.1) is 0 Å². The van der Waals surface area contributed by atoms with Gasteiger partial charge in [-0.3, -0.25) is 9.78 Å². The summed E-state index contributed by atoms with van der Waals surface area (Å²) in [5.41, 5.74) is 4.10. The molecule has 1 aliphatic heterocycles. The molecule has 1 aromatic heterocycles. The number of hydrogen-bond donors (Lipinski definition) is 1. The van der Waals surface area contributed by atoms with E-state index in [1.54, 1.807) is 24.5 Å². The molecule has 0 fully saturated rings. The molecular weight excluding hydrogens is 248 g/mol. The zero-order valence-electron chi connectivity index (χ0n) is 11.1. The van der Waals surface area contributed by atoms with Crippen molar-refractivity contribution >= 4 is 17.5 Å². The Morgan fingerprint density at radius 3 is 2.75 bits per heavy atom. The highest BCUT2D eigenvalue weighted by atomic mass is 16.1. The summed E-state index contributed by atoms with van der Waals surface area (Å²) in [4.78, 5) is 16.6. The van der Waals surface area contributed by atoms with Gasteiger partial charge in [0.15, 0.2) is 0 Å². The van der Waals surface area contributed by atoms with Crippen molar-refractivity contribution in [2.45, 2.75) is 6.92 Å². The predicted octanol–water partition coefficient (Wildman–Crippen LogP) is 3.68. The first-order chi connectivity index (χ1) is 9.75. The third-order valence-electron chi connectivity index (χ3n) is 3.28. The Hall–Kier alpha value is -2.68. The molecule has 2 aromatic rings. The number of hydrogen-bond acceptors (Lipinski definition) is 3. The van der Waals surface area contributed by atoms with E-state index >= 15 is 0 Å². The Bertz CT molecular complexity index is 715. The highest BCUT2D eigenvalue weighted by molar-refractivity contribution is 6.11. The molecule has 1 N–H and O–H groups in total. The molecule has 1 aromatic carbocycles. The van der Waals surface area contributed by atoms with E-state index in [1.165, 1.54) is 0 Å². The number of allylic oxidation sites excluding steroid dienone is 3. The normalized spacial score (nSPS) is 13.4. The van der Waals surface area contributed by atoms with Crippen molar-refractivity contribution in [1.82, 2.24) is 4.98 Å². The monoisotopic (exact) mass is 262 g/mol. The van der Waals surface area contributed by atoms with Crippen molar-refractivity contribution in [1.29, 1.82) is 0 Å². The molecule has 0 amide bonds. The summed E-state index contributed by atoms with van der Waals surface area (Å²) in [5.74, 6) is -0.0445. The fourth-order valence-corrected chi connectivity index (χ4v) is 2.16. The first kappa shape index (κ1) is 12.4. The van der Waals surface area contributed by atoms with Gasteiger partial charge >= 0.3 is 0 Å². The highest BCUT2D eigenvalue weighted by Gasteiger charge is 2.17. The van der Waals surface area contributed by atoms with E-state index in [4.69, 9.17) is 0 Å². The summed E-state index contributed by atoms with van der Waals surface area (Å²) in [7, 11) is 0. The van der Waals surface area contributed by atoms with Crippen LogP contribution in [0.4, 0.5) is 5.69 Å². The van der Waals surface area contributed by atoms with Crippen LogP contribution in [0.1, 0.15) is 22.8 Å². The molecule has 0 aliphatic carbocycles. The molecule has 2 heterocycles. The van der Waals surface area contributed by atoms with Crippen LogP contribution in [0.15, 0.2) is 66.1 Å². The number of carbonyl (C=O) groups is 1. The minimum Gasteiger partial charge on any atom is -0.352 e. The number of ketones is 1. The summed E-state index contributed by atoms with van der Waals surface area (Å²) in [5, 5.41) is 3.25. The number of pyridine rings is 1. The predicted molar refractivity (Wildman–Crippen MR) is 80.4 cm³/mol. The Morgan fingerprint density at radius 1 is 1.10 bits per heavy atom. The zero-order chi connectivity index (χ0) is 13.9. The van der Waals surface area contributed by atoms with Gasteiger partial charge in [0.2, 0.25) is 5.78 Å². The van der Waals surface area contributed by atoms with Gasteiger partial charge in [0, 0.05) is 23.6 Å². The summed E-state index contributed by atoms with van der Waals surface area (Å²) in [6, 6.07) is 11.5. The van der Waals surface area contributed by atoms with Gasteiger partial charge < -0.3 is 5.32 Å². The molecule has 98 valence electrons. The number of Topliss-reactive ketones (excluding diaryl/α,β-unsaturated/α-hetero) is 1. The van der Waals surface area contributed by atoms with Crippen molar-refractivity contribution in [3.05, 3.63) is 77.3 Å². The Morgan fingerprint density at radius 2 is 1.95 bits per heavy atom. The largest absolute Gasteiger partial charge is 0.352 e. The average molecular weight is 262 g/mol. The van der Waals surface area contributed by atoms with Crippen LogP contribution in [0.5, 0.6) is 0 Å². The van der Waals surface area contributed by atoms with Crippen LogP contribution in [-0.2, 0) is 0 Å². The van der Waals surface area contributed by atoms with Crippen LogP contribution in [0.2, 0.25) is 0 Å². The molecule has 0 saturated heterocycles. The lowest BCUT2D eigenvalue weighted by Crippen LogP contribution is -2.13. The van der Waals surface area contributed by atoms with E-state index in [0.29, 0.717) is 11.3 Å². The van der Waals surface area contributed by atoms with Gasteiger partial charge in [0.1, 0.15) is 0 Å². The Labute approximate surface area is 117 Å². The fraction of sp³-hybridized carbons (Fsp3) is 0.0588. The fourth-order valence-electron chi connectivity index (χ4n) is 2.16. The molecule has 1 aliphatic rings. The molecule has 0 unspecified atom stereocenters. The standard InChI is InChI=1S/C17H14N2O/c1-12-8-9-13-5-2-3-7-15(13)19-16(12)17(20)14-6-4-10-18-11-14/h2-11,19H,1H3. The molecular formula is C17H14N2O. The minimum atomic E-state index is -0.0445. The topological polar surface area (TPSA) is 42.0 Å². The number of nitrogens with zero attached hydrogens (tertiary/aromatic N) is 1. The van der Waals surface area contributed by atoms with Crippen molar-refractivity contribution in [2.24, 2.45) is 0 Å². The Kier molecular flexibility index (Phi) is 3.17. The molecule has 0 radical (unpaired) electrons. The van der Waals surface area contributed by atoms with E-state index in [0.717, 1.165) is 16.8 Å². The van der Waals surface area contributed by atoms with E-state index in [9.17, 15) is 4.79 Å². The molecule has 3 heteroatoms. The molecule has 20 heavy (non-hydrogen) atoms. The maximum atomic E-state index is 12.6. The summed E-state index contributed by atoms with van der Waals surface area (Å²) in [6.07, 6.45) is 7.22. The summed E-state index contributed by atoms with van der Waals surface area (Å²) >= 11 is 0. The first-order valence-electron chi connectivity index (χ1n) is 6.45. The van der Waals surface area contributed by atoms with Crippen LogP contribution in [0.3, 0.4) is 0 Å². The van der Waals surface area contributed by atoms with Gasteiger partial charge in [0.25, 0.3) is 0 Å². The van der Waals surface area contributed by atoms with Crippen molar-refractivity contribution < 1.29 is 4.79 Å². The van der Waals surface area contributed by atoms with Crippen LogP contribution in [0.25, 0.3) is 6.08 Å². The number of aromatic nitrogens is 1. The average Bonchev–Trinajstić information content (AvgIpc) is 2.67. The van der Waals surface area contributed by atoms with E-state index in [-0.39, 0.29) is 5.78 Å². The number of benzene rings is 1. The molecule has 0 spiro atoms. The van der Waals surface area contributed by atoms with E-state index in [2.05, 4.69) is 10.3 Å². The summed E-state index contributed by atoms with van der Waals surface area (Å²) in [6.45, 7) is 1.93. The molecule has 0 atom stereocenters. The highest BCUT2D eigenvalue weighted by Crippen LogP contribution is 2.25. The van der Waals surface area contributed by atoms with Crippen LogP contribution < -0.4 is 5.32 Å². The van der Waals surface area contributed by atoms with Crippen LogP contribution in [-0.4, -0.2) is 10.8 Å². The smallest absolute Gasteiger partial charge is 0.210 e. The second-order valence-electron chi connectivity index (χ2n) is 4.67. The lowest BCUT2D eigenvalue weighted by Gasteiger charge is -2.12. The number of fused-ring (bicyclic) bond motifs is 1. The van der Waals surface area contributed by atoms with Crippen LogP contribution >= 0.6 is 0 Å². The molecule has 3 rings (SSSR count). The van der Waals surface area contributed by atoms with Crippen molar-refractivity contribution in [3.63, 3.8) is 0 Å². The van der Waals surface area contributed by atoms with Gasteiger partial charge in [-0.1, -0.05) is 30.4 Å². The lowest BCUT2D eigenvalue weighted by molar-refractivity contribution is 0.103. The maximum Gasteiger partial charge on any atom is 0.210 e. The van der Waals surface area contributed by atoms with E-state index < -0.39 is 0 Å². The second-order valence-corrected chi connectivity index (χ2v) is 4.67. The molecule has 0 saturated carbocycles. The van der Waals surface area contributed by atoms with Crippen LogP contribution in [0, 0.1) is 0 Å². The van der Waals surface area contributed by atoms with Crippen molar-refractivity contribution in [2.75, 3.05) is 5.32 Å². The maximum absolute atomic E-state index is 12.6. The summed E-state index contributed by atoms with van der Waals surface area (Å²) < 4.78 is 0. The van der Waals surface area contributed by atoms with Gasteiger partial charge in [-0.05, 0) is 36.3 Å². The number of anilines is 1. The van der Waals surface area contributed by atoms with E-state index in [1.807, 2.05) is 43.3 Å². The minimum absolute atomic E-state index is 0.0445. The quantitative estimate of drug-likeness (QED) is 0.839. The van der Waals surface area contributed by atoms with Gasteiger partial charge in [0.05, 0.1) is 5.70 Å². The number of carbonyl (C=O) groups excluding carboxylic acids is 1. The third-order valence-corrected chi connectivity index (χ3v) is 3.28. The third kappa shape index (κ3) is 2.26. The van der Waals surface area contributed by atoms with Crippen molar-refractivity contribution in [3.8, 4) is 0 Å². The lowest BCUT2D eigenvalue weighted by atomic mass is 10.1. The van der Waals surface area contributed by atoms with Gasteiger partial charge in [-0.25, -0.2) is 0 Å². The van der Waals surface area contributed by atoms with Gasteiger partial charge in [-0.2, -0.15) is 0 Å². The number of nitrogens with one attached hydrogen (secondary N) is 1.